The highest BCUT2D eigenvalue weighted by molar-refractivity contribution is 8.13. The maximum atomic E-state index is 12.8. The highest BCUT2D eigenvalue weighted by Gasteiger charge is 2.20. The third-order valence-corrected chi connectivity index (χ3v) is 4.25. The Morgan fingerprint density at radius 3 is 2.11 bits per heavy atom. The molecule has 0 aliphatic heterocycles. The predicted molar refractivity (Wildman–Crippen MR) is 56.9 cm³/mol. The van der Waals surface area contributed by atoms with Crippen molar-refractivity contribution in [1.82, 2.24) is 0 Å². The fraction of sp³-hybridized carbons (Fsp3) is 0. The van der Waals surface area contributed by atoms with Gasteiger partial charge in [-0.1, -0.05) is 0 Å². The quantitative estimate of drug-likeness (QED) is 0.351. The van der Waals surface area contributed by atoms with Crippen LogP contribution in [0.3, 0.4) is 0 Å². The summed E-state index contributed by atoms with van der Waals surface area (Å²) in [5, 5.41) is 2.73. The van der Waals surface area contributed by atoms with Crippen molar-refractivity contribution in [2.24, 2.45) is 0 Å². The summed E-state index contributed by atoms with van der Waals surface area (Å²) in [5.74, 6) is 0. The van der Waals surface area contributed by atoms with Gasteiger partial charge in [0.25, 0.3) is 9.05 Å². The minimum atomic E-state index is -5.16. The number of halogens is 3. The first-order valence-corrected chi connectivity index (χ1v) is 8.24. The van der Waals surface area contributed by atoms with Gasteiger partial charge in [0.2, 0.25) is 0 Å². The lowest BCUT2D eigenvalue weighted by atomic mass is 10.4. The number of hydrogen-bond donors (Lipinski definition) is 0. The molecule has 12 heteroatoms. The molecule has 0 bridgehead atoms. The van der Waals surface area contributed by atoms with Gasteiger partial charge in [0, 0.05) is 15.6 Å². The standard InChI is InChI=1S/C6H3ClF2O6S3/c7-17(10,11)5-1-4(16-15-14-8)2-6(3-5)18(9,12)13/h1-3H. The summed E-state index contributed by atoms with van der Waals surface area (Å²) in [6.45, 7) is 0. The van der Waals surface area contributed by atoms with E-state index < -0.39 is 29.1 Å². The molecule has 0 heterocycles. The maximum Gasteiger partial charge on any atom is 0.332 e. The molecule has 1 aromatic carbocycles. The van der Waals surface area contributed by atoms with E-state index in [0.717, 1.165) is 6.07 Å². The summed E-state index contributed by atoms with van der Waals surface area (Å²) in [6.07, 6.45) is 0. The summed E-state index contributed by atoms with van der Waals surface area (Å²) in [7, 11) is -4.47. The summed E-state index contributed by atoms with van der Waals surface area (Å²) >= 11 is 0.130. The molecule has 1 aromatic rings. The van der Waals surface area contributed by atoms with Crippen molar-refractivity contribution in [1.29, 1.82) is 0 Å². The topological polar surface area (TPSA) is 86.7 Å². The normalized spacial score (nSPS) is 12.6. The fourth-order valence-electron chi connectivity index (χ4n) is 0.927. The SMILES string of the molecule is O=S(=O)(F)c1cc(SOOF)cc(S(=O)(=O)Cl)c1. The molecule has 0 radical (unpaired) electrons. The van der Waals surface area contributed by atoms with Gasteiger partial charge >= 0.3 is 10.2 Å². The van der Waals surface area contributed by atoms with E-state index in [9.17, 15) is 25.2 Å². The Morgan fingerprint density at radius 2 is 1.67 bits per heavy atom. The Kier molecular flexibility index (Phi) is 4.91. The van der Waals surface area contributed by atoms with Crippen molar-refractivity contribution in [3.63, 3.8) is 0 Å². The van der Waals surface area contributed by atoms with Crippen LogP contribution in [0.15, 0.2) is 32.9 Å². The molecule has 0 unspecified atom stereocenters. The van der Waals surface area contributed by atoms with E-state index in [1.54, 1.807) is 0 Å². The van der Waals surface area contributed by atoms with Crippen LogP contribution in [-0.4, -0.2) is 16.8 Å². The minimum absolute atomic E-state index is 0.130. The molecule has 0 saturated carbocycles. The summed E-state index contributed by atoms with van der Waals surface area (Å²) in [5.41, 5.74) is 0. The van der Waals surface area contributed by atoms with Crippen LogP contribution in [0.4, 0.5) is 8.41 Å². The lowest BCUT2D eigenvalue weighted by Gasteiger charge is -2.03. The largest absolute Gasteiger partial charge is 0.332 e. The molecule has 0 aliphatic rings. The molecule has 0 atom stereocenters. The third-order valence-electron chi connectivity index (χ3n) is 1.57. The van der Waals surface area contributed by atoms with Gasteiger partial charge in [-0.05, 0) is 27.8 Å². The summed E-state index contributed by atoms with van der Waals surface area (Å²) in [4.78, 5) is -1.90. The summed E-state index contributed by atoms with van der Waals surface area (Å²) < 4.78 is 71.2. The van der Waals surface area contributed by atoms with E-state index in [4.69, 9.17) is 10.7 Å². The molecule has 0 saturated heterocycles. The second kappa shape index (κ2) is 5.67. The Balaban J connectivity index is 3.39. The van der Waals surface area contributed by atoms with Gasteiger partial charge in [0.1, 0.15) is 4.90 Å². The highest BCUT2D eigenvalue weighted by Crippen LogP contribution is 2.29. The first-order chi connectivity index (χ1) is 8.14. The molecule has 0 aromatic heterocycles. The van der Waals surface area contributed by atoms with Crippen molar-refractivity contribution in [2.75, 3.05) is 0 Å². The van der Waals surface area contributed by atoms with Crippen molar-refractivity contribution in [3.8, 4) is 0 Å². The van der Waals surface area contributed by atoms with Gasteiger partial charge in [-0.15, -0.1) is 8.22 Å². The van der Waals surface area contributed by atoms with E-state index in [0.29, 0.717) is 12.1 Å². The monoisotopic (exact) mass is 340 g/mol. The summed E-state index contributed by atoms with van der Waals surface area (Å²) in [6, 6.07) is 2.07. The first-order valence-electron chi connectivity index (χ1n) is 3.81. The zero-order valence-corrected chi connectivity index (χ0v) is 11.2. The van der Waals surface area contributed by atoms with E-state index in [1.165, 1.54) is 0 Å². The molecule has 0 amide bonds. The molecule has 0 aliphatic carbocycles. The van der Waals surface area contributed by atoms with Crippen molar-refractivity contribution in [2.45, 2.75) is 14.7 Å². The predicted octanol–water partition coefficient (Wildman–Crippen LogP) is 2.11. The second-order valence-electron chi connectivity index (χ2n) is 2.73. The van der Waals surface area contributed by atoms with Crippen LogP contribution in [0.5, 0.6) is 0 Å². The Morgan fingerprint density at radius 1 is 1.11 bits per heavy atom. The van der Waals surface area contributed by atoms with Crippen LogP contribution >= 0.6 is 22.7 Å². The molecular formula is C6H3ClF2O6S3. The zero-order chi connectivity index (χ0) is 14.0. The lowest BCUT2D eigenvalue weighted by Crippen LogP contribution is -1.98. The van der Waals surface area contributed by atoms with Crippen LogP contribution in [0.1, 0.15) is 0 Å². The fourth-order valence-corrected chi connectivity index (χ4v) is 2.94. The Hall–Kier alpha value is -0.460. The second-order valence-corrected chi connectivity index (χ2v) is 7.42. The van der Waals surface area contributed by atoms with Crippen LogP contribution in [0.25, 0.3) is 0 Å². The van der Waals surface area contributed by atoms with Gasteiger partial charge in [-0.25, -0.2) is 8.42 Å². The van der Waals surface area contributed by atoms with Gasteiger partial charge in [-0.2, -0.15) is 8.42 Å². The average Bonchev–Trinajstić information content (AvgIpc) is 2.23. The Labute approximate surface area is 110 Å². The first kappa shape index (κ1) is 15.6. The molecule has 18 heavy (non-hydrogen) atoms. The molecule has 102 valence electrons. The van der Waals surface area contributed by atoms with E-state index >= 15 is 0 Å². The van der Waals surface area contributed by atoms with E-state index in [-0.39, 0.29) is 16.9 Å². The molecule has 0 spiro atoms. The van der Waals surface area contributed by atoms with Gasteiger partial charge < -0.3 is 0 Å². The van der Waals surface area contributed by atoms with Crippen molar-refractivity contribution >= 4 is 42.0 Å². The molecular weight excluding hydrogens is 338 g/mol. The number of hydrogen-bond acceptors (Lipinski definition) is 7. The van der Waals surface area contributed by atoms with Gasteiger partial charge in [-0.3, -0.25) is 0 Å². The number of benzene rings is 1. The van der Waals surface area contributed by atoms with Crippen molar-refractivity contribution < 1.29 is 34.7 Å². The Bertz CT molecular complexity index is 593. The lowest BCUT2D eigenvalue weighted by molar-refractivity contribution is -0.358. The smallest absolute Gasteiger partial charge is 0.207 e. The maximum absolute atomic E-state index is 12.8. The average molecular weight is 341 g/mol. The van der Waals surface area contributed by atoms with Gasteiger partial charge in [0.05, 0.1) is 16.9 Å². The van der Waals surface area contributed by atoms with Gasteiger partial charge in [0.15, 0.2) is 0 Å². The number of rotatable bonds is 5. The minimum Gasteiger partial charge on any atom is -0.207 e. The molecule has 1 rings (SSSR count). The van der Waals surface area contributed by atoms with E-state index in [1.807, 2.05) is 0 Å². The van der Waals surface area contributed by atoms with Crippen molar-refractivity contribution in [3.05, 3.63) is 18.2 Å². The zero-order valence-electron chi connectivity index (χ0n) is 8.04. The van der Waals surface area contributed by atoms with E-state index in [2.05, 4.69) is 9.43 Å². The van der Waals surface area contributed by atoms with Crippen LogP contribution < -0.4 is 0 Å². The van der Waals surface area contributed by atoms with Crippen LogP contribution in [-0.2, 0) is 28.7 Å². The van der Waals surface area contributed by atoms with Crippen LogP contribution in [0.2, 0.25) is 0 Å². The molecule has 0 fully saturated rings. The van der Waals surface area contributed by atoms with Crippen LogP contribution in [0, 0.1) is 0 Å². The highest BCUT2D eigenvalue weighted by atomic mass is 35.7. The molecule has 0 N–H and O–H groups in total. The third kappa shape index (κ3) is 4.33. The molecule has 6 nitrogen and oxygen atoms in total.